The molecule has 0 bridgehead atoms. The molecule has 2 fully saturated rings. The summed E-state index contributed by atoms with van der Waals surface area (Å²) in [6, 6.07) is 17.7. The molecule has 9 nitrogen and oxygen atoms in total. The molecule has 6 rings (SSSR count). The third kappa shape index (κ3) is 4.92. The van der Waals surface area contributed by atoms with Crippen LogP contribution in [0.5, 0.6) is 0 Å². The molecule has 0 aliphatic carbocycles. The number of nitrogens with zero attached hydrogens (tertiary/aromatic N) is 6. The van der Waals surface area contributed by atoms with Gasteiger partial charge in [0.1, 0.15) is 5.82 Å². The summed E-state index contributed by atoms with van der Waals surface area (Å²) >= 11 is 0. The zero-order chi connectivity index (χ0) is 25.2. The standard InChI is InChI=1S/C28H30N6O3/c35-28(36)22-8-4-7-21(17-22)25-30-26(33-13-15-37-16-14-33)24-18-29-34(27(24)31-25)23-9-11-32(12-10-23)19-20-5-2-1-3-6-20/h1-8,17-18,23H,9-16,19H2,(H,35,36). The van der Waals surface area contributed by atoms with E-state index in [4.69, 9.17) is 19.8 Å². The van der Waals surface area contributed by atoms with Gasteiger partial charge in [0.05, 0.1) is 36.4 Å². The molecule has 2 saturated heterocycles. The Hall–Kier alpha value is -3.82. The largest absolute Gasteiger partial charge is 0.478 e. The molecule has 4 heterocycles. The van der Waals surface area contributed by atoms with Crippen molar-refractivity contribution in [2.45, 2.75) is 25.4 Å². The van der Waals surface area contributed by atoms with Crippen molar-refractivity contribution in [2.75, 3.05) is 44.3 Å². The Morgan fingerprint density at radius 2 is 1.76 bits per heavy atom. The zero-order valence-corrected chi connectivity index (χ0v) is 20.7. The van der Waals surface area contributed by atoms with Crippen LogP contribution in [-0.2, 0) is 11.3 Å². The molecule has 9 heteroatoms. The number of carboxylic acid groups (broad SMARTS) is 1. The Bertz CT molecular complexity index is 1390. The number of carboxylic acids is 1. The molecule has 4 aromatic rings. The number of hydrogen-bond acceptors (Lipinski definition) is 7. The molecule has 190 valence electrons. The summed E-state index contributed by atoms with van der Waals surface area (Å²) in [6.45, 7) is 5.72. The Morgan fingerprint density at radius 1 is 0.973 bits per heavy atom. The van der Waals surface area contributed by atoms with Crippen LogP contribution in [0.25, 0.3) is 22.4 Å². The first kappa shape index (κ1) is 23.6. The van der Waals surface area contributed by atoms with Gasteiger partial charge < -0.3 is 14.7 Å². The number of benzene rings is 2. The number of carbonyl (C=O) groups is 1. The second-order valence-electron chi connectivity index (χ2n) is 9.68. The summed E-state index contributed by atoms with van der Waals surface area (Å²) in [7, 11) is 0. The highest BCUT2D eigenvalue weighted by Crippen LogP contribution is 2.32. The van der Waals surface area contributed by atoms with Crippen molar-refractivity contribution in [3.8, 4) is 11.4 Å². The van der Waals surface area contributed by atoms with E-state index in [1.807, 2.05) is 12.3 Å². The van der Waals surface area contributed by atoms with Crippen LogP contribution in [0.2, 0.25) is 0 Å². The van der Waals surface area contributed by atoms with E-state index in [1.165, 1.54) is 5.56 Å². The lowest BCUT2D eigenvalue weighted by atomic mass is 10.0. The van der Waals surface area contributed by atoms with Crippen molar-refractivity contribution < 1.29 is 14.6 Å². The first-order chi connectivity index (χ1) is 18.2. The Kier molecular flexibility index (Phi) is 6.55. The second-order valence-corrected chi connectivity index (χ2v) is 9.68. The Morgan fingerprint density at radius 3 is 2.51 bits per heavy atom. The number of rotatable bonds is 6. The second kappa shape index (κ2) is 10.3. The van der Waals surface area contributed by atoms with E-state index in [-0.39, 0.29) is 11.6 Å². The third-order valence-corrected chi connectivity index (χ3v) is 7.26. The molecule has 0 atom stereocenters. The zero-order valence-electron chi connectivity index (χ0n) is 20.7. The smallest absolute Gasteiger partial charge is 0.335 e. The first-order valence-corrected chi connectivity index (χ1v) is 12.8. The van der Waals surface area contributed by atoms with Gasteiger partial charge in [-0.2, -0.15) is 5.10 Å². The predicted octanol–water partition coefficient (Wildman–Crippen LogP) is 3.87. The normalized spacial score (nSPS) is 17.4. The van der Waals surface area contributed by atoms with Crippen LogP contribution in [-0.4, -0.2) is 75.1 Å². The molecule has 1 N–H and O–H groups in total. The average molecular weight is 499 g/mol. The fourth-order valence-corrected chi connectivity index (χ4v) is 5.28. The van der Waals surface area contributed by atoms with Gasteiger partial charge in [-0.3, -0.25) is 4.90 Å². The van der Waals surface area contributed by atoms with Gasteiger partial charge in [0, 0.05) is 38.3 Å². The minimum absolute atomic E-state index is 0.216. The SMILES string of the molecule is O=C(O)c1cccc(-c2nc(N3CCOCC3)c3cnn(C4CCN(Cc5ccccc5)CC4)c3n2)c1. The van der Waals surface area contributed by atoms with Gasteiger partial charge in [-0.25, -0.2) is 19.4 Å². The maximum Gasteiger partial charge on any atom is 0.335 e. The number of aromatic nitrogens is 4. The molecular weight excluding hydrogens is 468 g/mol. The highest BCUT2D eigenvalue weighted by Gasteiger charge is 2.26. The van der Waals surface area contributed by atoms with Crippen LogP contribution in [0.1, 0.15) is 34.8 Å². The number of aromatic carboxylic acids is 1. The highest BCUT2D eigenvalue weighted by atomic mass is 16.5. The Labute approximate surface area is 215 Å². The highest BCUT2D eigenvalue weighted by molar-refractivity contribution is 5.91. The molecule has 2 aliphatic rings. The summed E-state index contributed by atoms with van der Waals surface area (Å²) in [5.74, 6) is 0.376. The Balaban J connectivity index is 1.33. The van der Waals surface area contributed by atoms with Crippen molar-refractivity contribution >= 4 is 22.8 Å². The topological polar surface area (TPSA) is 96.6 Å². The van der Waals surface area contributed by atoms with Gasteiger partial charge in [-0.05, 0) is 30.5 Å². The minimum Gasteiger partial charge on any atom is -0.478 e. The molecule has 0 radical (unpaired) electrons. The fourth-order valence-electron chi connectivity index (χ4n) is 5.28. The molecule has 0 saturated carbocycles. The summed E-state index contributed by atoms with van der Waals surface area (Å²) in [4.78, 5) is 26.2. The van der Waals surface area contributed by atoms with Gasteiger partial charge in [0.25, 0.3) is 0 Å². The fraction of sp³-hybridized carbons (Fsp3) is 0.357. The first-order valence-electron chi connectivity index (χ1n) is 12.8. The van der Waals surface area contributed by atoms with Crippen molar-refractivity contribution in [2.24, 2.45) is 0 Å². The van der Waals surface area contributed by atoms with E-state index in [2.05, 4.69) is 44.8 Å². The van der Waals surface area contributed by atoms with E-state index in [1.54, 1.807) is 18.2 Å². The van der Waals surface area contributed by atoms with E-state index in [9.17, 15) is 9.90 Å². The van der Waals surface area contributed by atoms with Crippen LogP contribution in [0.3, 0.4) is 0 Å². The number of anilines is 1. The average Bonchev–Trinajstić information content (AvgIpc) is 3.38. The number of hydrogen-bond donors (Lipinski definition) is 1. The maximum absolute atomic E-state index is 11.6. The monoisotopic (exact) mass is 498 g/mol. The maximum atomic E-state index is 11.6. The molecule has 2 aliphatic heterocycles. The summed E-state index contributed by atoms with van der Waals surface area (Å²) < 4.78 is 7.63. The molecule has 0 unspecified atom stereocenters. The van der Waals surface area contributed by atoms with Crippen molar-refractivity contribution in [3.05, 3.63) is 71.9 Å². The van der Waals surface area contributed by atoms with Gasteiger partial charge in [0.15, 0.2) is 11.5 Å². The number of morpholine rings is 1. The number of piperidine rings is 1. The summed E-state index contributed by atoms with van der Waals surface area (Å²) in [5, 5.41) is 15.2. The van der Waals surface area contributed by atoms with Crippen molar-refractivity contribution in [1.29, 1.82) is 0 Å². The van der Waals surface area contributed by atoms with E-state index in [0.717, 1.165) is 62.4 Å². The molecule has 37 heavy (non-hydrogen) atoms. The van der Waals surface area contributed by atoms with Crippen LogP contribution in [0.4, 0.5) is 5.82 Å². The van der Waals surface area contributed by atoms with E-state index >= 15 is 0 Å². The molecular formula is C28H30N6O3. The van der Waals surface area contributed by atoms with Crippen LogP contribution < -0.4 is 4.90 Å². The van der Waals surface area contributed by atoms with Gasteiger partial charge in [0.2, 0.25) is 0 Å². The lowest BCUT2D eigenvalue weighted by Crippen LogP contribution is -2.37. The van der Waals surface area contributed by atoms with E-state index < -0.39 is 5.97 Å². The minimum atomic E-state index is -0.969. The molecule has 0 spiro atoms. The van der Waals surface area contributed by atoms with E-state index in [0.29, 0.717) is 24.6 Å². The third-order valence-electron chi connectivity index (χ3n) is 7.26. The predicted molar refractivity (Wildman–Crippen MR) is 141 cm³/mol. The molecule has 2 aromatic heterocycles. The molecule has 0 amide bonds. The molecule has 2 aromatic carbocycles. The van der Waals surface area contributed by atoms with Crippen LogP contribution >= 0.6 is 0 Å². The quantitative estimate of drug-likeness (QED) is 0.428. The lowest BCUT2D eigenvalue weighted by molar-refractivity contribution is 0.0697. The lowest BCUT2D eigenvalue weighted by Gasteiger charge is -2.32. The van der Waals surface area contributed by atoms with Crippen molar-refractivity contribution in [3.63, 3.8) is 0 Å². The van der Waals surface area contributed by atoms with Crippen molar-refractivity contribution in [1.82, 2.24) is 24.6 Å². The van der Waals surface area contributed by atoms with Crippen LogP contribution in [0.15, 0.2) is 60.8 Å². The van der Waals surface area contributed by atoms with Gasteiger partial charge in [-0.1, -0.05) is 42.5 Å². The number of fused-ring (bicyclic) bond motifs is 1. The van der Waals surface area contributed by atoms with Gasteiger partial charge >= 0.3 is 5.97 Å². The summed E-state index contributed by atoms with van der Waals surface area (Å²) in [6.07, 6.45) is 3.86. The van der Waals surface area contributed by atoms with Gasteiger partial charge in [-0.15, -0.1) is 0 Å². The summed E-state index contributed by atoms with van der Waals surface area (Å²) in [5.41, 5.74) is 3.03. The van der Waals surface area contributed by atoms with Crippen LogP contribution in [0, 0.1) is 0 Å². The number of likely N-dealkylation sites (tertiary alicyclic amines) is 1. The number of ether oxygens (including phenoxy) is 1.